The molecule has 1 aromatic carbocycles. The van der Waals surface area contributed by atoms with E-state index in [4.69, 9.17) is 9.47 Å². The Balaban J connectivity index is 1.06. The molecule has 9 heteroatoms. The number of nitrogens with zero attached hydrogens (tertiary/aromatic N) is 2. The average Bonchev–Trinajstić information content (AvgIpc) is 3.46. The van der Waals surface area contributed by atoms with Crippen molar-refractivity contribution in [1.82, 2.24) is 9.97 Å². The highest BCUT2D eigenvalue weighted by molar-refractivity contribution is 7.99. The van der Waals surface area contributed by atoms with Crippen LogP contribution in [-0.2, 0) is 14.3 Å². The molecule has 4 aliphatic carbocycles. The van der Waals surface area contributed by atoms with Gasteiger partial charge in [0.2, 0.25) is 0 Å². The molecule has 2 aromatic rings. The maximum atomic E-state index is 13.5. The van der Waals surface area contributed by atoms with Crippen LogP contribution in [0.4, 0.5) is 0 Å². The molecule has 10 atom stereocenters. The van der Waals surface area contributed by atoms with Gasteiger partial charge in [-0.15, -0.1) is 0 Å². The van der Waals surface area contributed by atoms with Crippen molar-refractivity contribution in [3.05, 3.63) is 45.7 Å². The van der Waals surface area contributed by atoms with E-state index in [9.17, 15) is 20.0 Å². The number of aliphatic hydroxyl groups excluding tert-OH is 1. The summed E-state index contributed by atoms with van der Waals surface area (Å²) in [6.45, 7) is 20.9. The summed E-state index contributed by atoms with van der Waals surface area (Å²) in [4.78, 5) is 33.6. The summed E-state index contributed by atoms with van der Waals surface area (Å²) in [6.07, 6.45) is 9.80. The molecule has 2 heterocycles. The summed E-state index contributed by atoms with van der Waals surface area (Å²) in [5, 5.41) is 22.2. The van der Waals surface area contributed by atoms with Gasteiger partial charge in [-0.2, -0.15) is 5.26 Å². The third kappa shape index (κ3) is 6.22. The van der Waals surface area contributed by atoms with Crippen LogP contribution in [0, 0.1) is 63.6 Å². The van der Waals surface area contributed by atoms with Crippen LogP contribution in [0.3, 0.4) is 0 Å². The van der Waals surface area contributed by atoms with Crippen LogP contribution >= 0.6 is 11.8 Å². The van der Waals surface area contributed by atoms with Crippen LogP contribution in [0.1, 0.15) is 131 Å². The minimum atomic E-state index is -0.520. The number of aliphatic hydroxyl groups is 1. The lowest BCUT2D eigenvalue weighted by molar-refractivity contribution is -0.258. The van der Waals surface area contributed by atoms with Crippen LogP contribution in [-0.4, -0.2) is 50.2 Å². The third-order valence-electron chi connectivity index (χ3n) is 16.0. The number of fused-ring (bicyclic) bond motifs is 5. The molecule has 1 aliphatic heterocycles. The number of benzene rings is 1. The van der Waals surface area contributed by atoms with Gasteiger partial charge in [-0.3, -0.25) is 9.59 Å². The number of esters is 1. The topological polar surface area (TPSA) is 125 Å². The molecule has 8 nitrogen and oxygen atoms in total. The monoisotopic (exact) mass is 743 g/mol. The number of thioether (sulfide) groups is 1. The molecule has 2 N–H and O–H groups in total. The van der Waals surface area contributed by atoms with Gasteiger partial charge in [-0.1, -0.05) is 70.1 Å². The Labute approximate surface area is 320 Å². The number of aryl methyl sites for hydroxylation is 1. The van der Waals surface area contributed by atoms with Gasteiger partial charge in [-0.25, -0.2) is 4.98 Å². The second-order valence-corrected chi connectivity index (χ2v) is 20.7. The molecule has 0 spiro atoms. The van der Waals surface area contributed by atoms with E-state index in [2.05, 4.69) is 65.4 Å². The zero-order valence-electron chi connectivity index (χ0n) is 33.4. The zero-order chi connectivity index (χ0) is 38.4. The van der Waals surface area contributed by atoms with Gasteiger partial charge in [0.1, 0.15) is 17.7 Å². The molecule has 5 fully saturated rings. The molecule has 0 amide bonds. The van der Waals surface area contributed by atoms with Gasteiger partial charge in [0.05, 0.1) is 28.8 Å². The fraction of sp³-hybridized carbons (Fsp3) is 0.727. The van der Waals surface area contributed by atoms with Gasteiger partial charge < -0.3 is 19.6 Å². The summed E-state index contributed by atoms with van der Waals surface area (Å²) >= 11 is 1.13. The highest BCUT2D eigenvalue weighted by Crippen LogP contribution is 2.76. The minimum absolute atomic E-state index is 0.00419. The Morgan fingerprint density at radius 2 is 1.75 bits per heavy atom. The van der Waals surface area contributed by atoms with E-state index in [1.165, 1.54) is 6.42 Å². The summed E-state index contributed by atoms with van der Waals surface area (Å²) in [5.41, 5.74) is 1.02. The van der Waals surface area contributed by atoms with Crippen molar-refractivity contribution in [2.45, 2.75) is 155 Å². The molecule has 0 unspecified atom stereocenters. The van der Waals surface area contributed by atoms with Crippen molar-refractivity contribution >= 4 is 17.7 Å². The summed E-state index contributed by atoms with van der Waals surface area (Å²) in [7, 11) is 0. The van der Waals surface area contributed by atoms with Crippen molar-refractivity contribution in [3.63, 3.8) is 0 Å². The molecule has 1 aromatic heterocycles. The molecular weight excluding hydrogens is 683 g/mol. The average molecular weight is 744 g/mol. The first-order chi connectivity index (χ1) is 24.8. The Morgan fingerprint density at radius 1 is 1.02 bits per heavy atom. The molecular formula is C44H61N3O5S. The van der Waals surface area contributed by atoms with Crippen molar-refractivity contribution in [2.75, 3.05) is 5.75 Å². The number of carbonyl (C=O) groups excluding carboxylic acids is 1. The zero-order valence-corrected chi connectivity index (χ0v) is 34.3. The quantitative estimate of drug-likeness (QED) is 0.171. The molecule has 288 valence electrons. The molecule has 7 rings (SSSR count). The number of nitriles is 1. The van der Waals surface area contributed by atoms with Crippen LogP contribution in [0.2, 0.25) is 0 Å². The van der Waals surface area contributed by atoms with E-state index in [-0.39, 0.29) is 73.4 Å². The van der Waals surface area contributed by atoms with Gasteiger partial charge in [-0.05, 0) is 138 Å². The third-order valence-corrected chi connectivity index (χ3v) is 16.8. The first kappa shape index (κ1) is 38.6. The smallest absolute Gasteiger partial charge is 0.316 e. The maximum Gasteiger partial charge on any atom is 0.316 e. The minimum Gasteiger partial charge on any atom is -0.461 e. The Bertz CT molecular complexity index is 1870. The molecule has 0 bridgehead atoms. The molecule has 0 radical (unpaired) electrons. The predicted molar refractivity (Wildman–Crippen MR) is 208 cm³/mol. The van der Waals surface area contributed by atoms with Crippen LogP contribution in [0.5, 0.6) is 0 Å². The highest BCUT2D eigenvalue weighted by atomic mass is 32.2. The van der Waals surface area contributed by atoms with Crippen LogP contribution in [0.15, 0.2) is 34.2 Å². The summed E-state index contributed by atoms with van der Waals surface area (Å²) in [5.74, 6) is 1.01. The largest absolute Gasteiger partial charge is 0.461 e. The summed E-state index contributed by atoms with van der Waals surface area (Å²) < 4.78 is 13.2. The van der Waals surface area contributed by atoms with E-state index in [0.29, 0.717) is 29.0 Å². The number of hydrogen-bond donors (Lipinski definition) is 2. The number of aromatic amines is 1. The fourth-order valence-electron chi connectivity index (χ4n) is 13.4. The second kappa shape index (κ2) is 13.2. The van der Waals surface area contributed by atoms with E-state index in [1.807, 2.05) is 37.3 Å². The Morgan fingerprint density at radius 3 is 2.45 bits per heavy atom. The highest BCUT2D eigenvalue weighted by Gasteiger charge is 2.72. The maximum absolute atomic E-state index is 13.5. The molecule has 4 saturated carbocycles. The van der Waals surface area contributed by atoms with E-state index >= 15 is 0 Å². The van der Waals surface area contributed by atoms with Gasteiger partial charge in [0.15, 0.2) is 5.16 Å². The number of aromatic nitrogens is 2. The number of rotatable bonds is 6. The number of hydrogen-bond acceptors (Lipinski definition) is 8. The lowest BCUT2D eigenvalue weighted by atomic mass is 9.35. The fourth-order valence-corrected chi connectivity index (χ4v) is 14.1. The number of H-pyrrole nitrogens is 1. The normalized spacial score (nSPS) is 39.9. The van der Waals surface area contributed by atoms with Gasteiger partial charge in [0, 0.05) is 11.0 Å². The lowest BCUT2D eigenvalue weighted by Gasteiger charge is -2.70. The number of ether oxygens (including phenoxy) is 2. The van der Waals surface area contributed by atoms with Crippen molar-refractivity contribution in [3.8, 4) is 17.3 Å². The van der Waals surface area contributed by atoms with E-state index in [0.717, 1.165) is 75.1 Å². The second-order valence-electron chi connectivity index (χ2n) is 19.7. The SMILES string of the molecule is Cc1cccc(-c2nc(SCC(=O)O[C@H]3CC[C@@]4(C)[C@@H](CC[C@]5(C)[C@H]4C[C@@H](O)[C@@H]4[C@H]([C@@]6(C)CCCC(C)(C)O6)CC[C@]45C)C3(C)C)[nH]c(=O)c2C#N)c1. The van der Waals surface area contributed by atoms with Crippen molar-refractivity contribution in [2.24, 2.45) is 45.3 Å². The predicted octanol–water partition coefficient (Wildman–Crippen LogP) is 9.01. The first-order valence-electron chi connectivity index (χ1n) is 20.1. The number of carbonyl (C=O) groups is 1. The Kier molecular flexibility index (Phi) is 9.63. The van der Waals surface area contributed by atoms with Crippen molar-refractivity contribution < 1.29 is 19.4 Å². The molecule has 5 aliphatic rings. The molecule has 1 saturated heterocycles. The van der Waals surface area contributed by atoms with Gasteiger partial charge >= 0.3 is 5.97 Å². The number of nitrogens with one attached hydrogen (secondary N) is 1. The van der Waals surface area contributed by atoms with Gasteiger partial charge in [0.25, 0.3) is 5.56 Å². The van der Waals surface area contributed by atoms with E-state index < -0.39 is 5.56 Å². The Hall–Kier alpha value is -2.67. The first-order valence-corrected chi connectivity index (χ1v) is 21.1. The summed E-state index contributed by atoms with van der Waals surface area (Å²) in [6, 6.07) is 9.53. The molecule has 53 heavy (non-hydrogen) atoms. The van der Waals surface area contributed by atoms with E-state index in [1.54, 1.807) is 0 Å². The lowest BCUT2D eigenvalue weighted by Crippen LogP contribution is -2.67. The standard InChI is InChI=1S/C44H61N3O5S/c1-26-12-10-13-27(22-26)36-28(24-45)37(50)47-38(46-36)53-25-34(49)51-33-16-19-41(6)31(40(33,4)5)15-21-42(7)32(41)23-30(48)35-29(14-20-43(35,42)8)44(9)18-11-17-39(2,3)52-44/h10,12-13,22,29-33,35,48H,11,14-21,23,25H2,1-9H3,(H,46,47,50)/t29-,30-,31+,32+,33+,35+,41+,42-,43-,44-/m1/s1. The van der Waals surface area contributed by atoms with Crippen LogP contribution in [0.25, 0.3) is 11.3 Å². The van der Waals surface area contributed by atoms with Crippen LogP contribution < -0.4 is 5.56 Å². The van der Waals surface area contributed by atoms with Crippen molar-refractivity contribution in [1.29, 1.82) is 5.26 Å².